The van der Waals surface area contributed by atoms with Gasteiger partial charge in [-0.1, -0.05) is 12.1 Å². The van der Waals surface area contributed by atoms with Gasteiger partial charge in [0.2, 0.25) is 0 Å². The number of hydrogen-bond acceptors (Lipinski definition) is 4. The molecule has 1 aliphatic heterocycles. The Hall–Kier alpha value is -2.06. The number of amides is 1. The van der Waals surface area contributed by atoms with Gasteiger partial charge in [0.25, 0.3) is 0 Å². The summed E-state index contributed by atoms with van der Waals surface area (Å²) in [6.07, 6.45) is -0.458. The molecule has 1 aromatic rings. The average Bonchev–Trinajstić information content (AvgIpc) is 2.65. The summed E-state index contributed by atoms with van der Waals surface area (Å²) < 4.78 is 5.22. The summed E-state index contributed by atoms with van der Waals surface area (Å²) in [6, 6.07) is 8.98. The van der Waals surface area contributed by atoms with Crippen molar-refractivity contribution in [1.29, 1.82) is 5.26 Å². The van der Waals surface area contributed by atoms with Gasteiger partial charge in [0, 0.05) is 6.54 Å². The van der Waals surface area contributed by atoms with Gasteiger partial charge in [-0.2, -0.15) is 5.26 Å². The second-order valence-electron chi connectivity index (χ2n) is 4.24. The van der Waals surface area contributed by atoms with E-state index in [-0.39, 0.29) is 6.54 Å². The highest BCUT2D eigenvalue weighted by molar-refractivity contribution is 5.91. The van der Waals surface area contributed by atoms with Crippen molar-refractivity contribution in [3.05, 3.63) is 29.8 Å². The average molecular weight is 231 g/mol. The van der Waals surface area contributed by atoms with Crippen LogP contribution in [0.3, 0.4) is 0 Å². The van der Waals surface area contributed by atoms with Gasteiger partial charge in [0.1, 0.15) is 11.7 Å². The largest absolute Gasteiger partial charge is 0.440 e. The molecule has 1 aromatic carbocycles. The maximum absolute atomic E-state index is 11.8. The Balaban J connectivity index is 2.36. The predicted molar refractivity (Wildman–Crippen MR) is 62.4 cm³/mol. The third-order valence-electron chi connectivity index (χ3n) is 2.79. The molecule has 5 nitrogen and oxygen atoms in total. The standard InChI is InChI=1S/C12H13N3O2/c1-12(7-14)8-15(11(16)17-12)10-5-3-2-4-9(10)6-13/h2-5H,7-8,14H2,1H3. The Morgan fingerprint density at radius 2 is 2.29 bits per heavy atom. The van der Waals surface area contributed by atoms with Gasteiger partial charge in [-0.25, -0.2) is 4.79 Å². The highest BCUT2D eigenvalue weighted by Gasteiger charge is 2.41. The third kappa shape index (κ3) is 1.95. The first-order valence-electron chi connectivity index (χ1n) is 5.29. The van der Waals surface area contributed by atoms with Crippen molar-refractivity contribution in [2.45, 2.75) is 12.5 Å². The topological polar surface area (TPSA) is 79.4 Å². The highest BCUT2D eigenvalue weighted by atomic mass is 16.6. The fraction of sp³-hybridized carbons (Fsp3) is 0.333. The van der Waals surface area contributed by atoms with E-state index in [0.717, 1.165) is 0 Å². The van der Waals surface area contributed by atoms with E-state index < -0.39 is 11.7 Å². The van der Waals surface area contributed by atoms with Crippen molar-refractivity contribution in [1.82, 2.24) is 0 Å². The van der Waals surface area contributed by atoms with E-state index in [1.54, 1.807) is 31.2 Å². The van der Waals surface area contributed by atoms with Crippen molar-refractivity contribution in [2.75, 3.05) is 18.0 Å². The summed E-state index contributed by atoms with van der Waals surface area (Å²) in [5, 5.41) is 9.00. The number of para-hydroxylation sites is 1. The highest BCUT2D eigenvalue weighted by Crippen LogP contribution is 2.29. The molecule has 1 fully saturated rings. The summed E-state index contributed by atoms with van der Waals surface area (Å²) in [5.41, 5.74) is 5.91. The van der Waals surface area contributed by atoms with Crippen LogP contribution in [-0.2, 0) is 4.74 Å². The van der Waals surface area contributed by atoms with Gasteiger partial charge >= 0.3 is 6.09 Å². The van der Waals surface area contributed by atoms with E-state index in [4.69, 9.17) is 15.7 Å². The molecule has 0 bridgehead atoms. The molecule has 5 heteroatoms. The molecular weight excluding hydrogens is 218 g/mol. The summed E-state index contributed by atoms with van der Waals surface area (Å²) >= 11 is 0. The number of nitriles is 1. The molecule has 0 saturated carbocycles. The van der Waals surface area contributed by atoms with Crippen LogP contribution in [0.15, 0.2) is 24.3 Å². The lowest BCUT2D eigenvalue weighted by atomic mass is 10.1. The number of hydrogen-bond donors (Lipinski definition) is 1. The third-order valence-corrected chi connectivity index (χ3v) is 2.79. The first-order chi connectivity index (χ1) is 8.09. The normalized spacial score (nSPS) is 23.4. The molecule has 1 amide bonds. The Kier molecular flexibility index (Phi) is 2.74. The first kappa shape index (κ1) is 11.4. The molecule has 2 N–H and O–H groups in total. The van der Waals surface area contributed by atoms with Gasteiger partial charge in [0.15, 0.2) is 0 Å². The summed E-state index contributed by atoms with van der Waals surface area (Å²) in [7, 11) is 0. The van der Waals surface area contributed by atoms with Crippen LogP contribution in [-0.4, -0.2) is 24.8 Å². The molecule has 0 spiro atoms. The van der Waals surface area contributed by atoms with E-state index in [1.165, 1.54) is 4.90 Å². The van der Waals surface area contributed by atoms with Crippen molar-refractivity contribution < 1.29 is 9.53 Å². The minimum Gasteiger partial charge on any atom is -0.440 e. The van der Waals surface area contributed by atoms with Crippen LogP contribution in [0, 0.1) is 11.3 Å². The van der Waals surface area contributed by atoms with Crippen LogP contribution in [0.25, 0.3) is 0 Å². The van der Waals surface area contributed by atoms with Gasteiger partial charge in [-0.05, 0) is 19.1 Å². The lowest BCUT2D eigenvalue weighted by Crippen LogP contribution is -2.38. The molecule has 0 aromatic heterocycles. The van der Waals surface area contributed by atoms with Gasteiger partial charge in [-0.15, -0.1) is 0 Å². The SMILES string of the molecule is CC1(CN)CN(c2ccccc2C#N)C(=O)O1. The lowest BCUT2D eigenvalue weighted by molar-refractivity contribution is 0.0789. The van der Waals surface area contributed by atoms with Crippen LogP contribution in [0.1, 0.15) is 12.5 Å². The second kappa shape index (κ2) is 4.07. The predicted octanol–water partition coefficient (Wildman–Crippen LogP) is 1.23. The molecule has 0 aliphatic carbocycles. The van der Waals surface area contributed by atoms with Crippen molar-refractivity contribution in [3.63, 3.8) is 0 Å². The van der Waals surface area contributed by atoms with Crippen LogP contribution in [0.5, 0.6) is 0 Å². The number of cyclic esters (lactones) is 1. The van der Waals surface area contributed by atoms with E-state index in [1.807, 2.05) is 0 Å². The summed E-state index contributed by atoms with van der Waals surface area (Å²) in [5.74, 6) is 0. The molecule has 1 heterocycles. The molecule has 17 heavy (non-hydrogen) atoms. The summed E-state index contributed by atoms with van der Waals surface area (Å²) in [6.45, 7) is 2.39. The van der Waals surface area contributed by atoms with Gasteiger partial charge in [0.05, 0.1) is 17.8 Å². The monoisotopic (exact) mass is 231 g/mol. The smallest absolute Gasteiger partial charge is 0.415 e. The molecule has 2 rings (SSSR count). The Bertz CT molecular complexity index is 495. The van der Waals surface area contributed by atoms with E-state index in [0.29, 0.717) is 17.8 Å². The zero-order valence-corrected chi connectivity index (χ0v) is 9.51. The Morgan fingerprint density at radius 1 is 1.59 bits per heavy atom. The quantitative estimate of drug-likeness (QED) is 0.830. The molecule has 1 aliphatic rings. The zero-order valence-electron chi connectivity index (χ0n) is 9.51. The zero-order chi connectivity index (χ0) is 12.5. The molecule has 88 valence electrons. The molecular formula is C12H13N3O2. The molecule has 1 atom stereocenters. The fourth-order valence-electron chi connectivity index (χ4n) is 1.79. The van der Waals surface area contributed by atoms with E-state index in [2.05, 4.69) is 6.07 Å². The maximum Gasteiger partial charge on any atom is 0.415 e. The number of carbonyl (C=O) groups is 1. The van der Waals surface area contributed by atoms with Crippen molar-refractivity contribution in [2.24, 2.45) is 5.73 Å². The van der Waals surface area contributed by atoms with E-state index in [9.17, 15) is 4.79 Å². The molecule has 1 unspecified atom stereocenters. The summed E-state index contributed by atoms with van der Waals surface area (Å²) in [4.78, 5) is 13.2. The van der Waals surface area contributed by atoms with E-state index >= 15 is 0 Å². The Labute approximate surface area is 99.4 Å². The molecule has 0 radical (unpaired) electrons. The minimum atomic E-state index is -0.681. The van der Waals surface area contributed by atoms with Crippen LogP contribution in [0.2, 0.25) is 0 Å². The Morgan fingerprint density at radius 3 is 2.88 bits per heavy atom. The van der Waals surface area contributed by atoms with Crippen molar-refractivity contribution >= 4 is 11.8 Å². The number of anilines is 1. The number of ether oxygens (including phenoxy) is 1. The number of nitrogens with zero attached hydrogens (tertiary/aromatic N) is 2. The lowest BCUT2D eigenvalue weighted by Gasteiger charge is -2.19. The van der Waals surface area contributed by atoms with Crippen LogP contribution < -0.4 is 10.6 Å². The maximum atomic E-state index is 11.8. The van der Waals surface area contributed by atoms with Crippen LogP contribution >= 0.6 is 0 Å². The van der Waals surface area contributed by atoms with Gasteiger partial charge < -0.3 is 10.5 Å². The van der Waals surface area contributed by atoms with Gasteiger partial charge in [-0.3, -0.25) is 4.90 Å². The van der Waals surface area contributed by atoms with Crippen LogP contribution in [0.4, 0.5) is 10.5 Å². The second-order valence-corrected chi connectivity index (χ2v) is 4.24. The fourth-order valence-corrected chi connectivity index (χ4v) is 1.79. The number of benzene rings is 1. The first-order valence-corrected chi connectivity index (χ1v) is 5.29. The molecule has 1 saturated heterocycles. The number of rotatable bonds is 2. The minimum absolute atomic E-state index is 0.254. The van der Waals surface area contributed by atoms with Crippen molar-refractivity contribution in [3.8, 4) is 6.07 Å². The number of nitrogens with two attached hydrogens (primary N) is 1. The number of carbonyl (C=O) groups excluding carboxylic acids is 1.